The van der Waals surface area contributed by atoms with Crippen molar-refractivity contribution in [2.75, 3.05) is 39.8 Å². The molecule has 0 amide bonds. The largest absolute Gasteiger partial charge is 0.496 e. The lowest BCUT2D eigenvalue weighted by molar-refractivity contribution is 0.0166. The fourth-order valence-corrected chi connectivity index (χ4v) is 2.76. The molecule has 1 aromatic carbocycles. The number of hydrogen-bond donors (Lipinski definition) is 1. The molecule has 21 heavy (non-hydrogen) atoms. The van der Waals surface area contributed by atoms with Crippen LogP contribution in [0.1, 0.15) is 19.4 Å². The molecule has 0 aromatic heterocycles. The van der Waals surface area contributed by atoms with Gasteiger partial charge in [-0.2, -0.15) is 0 Å². The first-order chi connectivity index (χ1) is 9.87. The van der Waals surface area contributed by atoms with Crippen molar-refractivity contribution in [2.24, 2.45) is 0 Å². The molecule has 1 aliphatic rings. The summed E-state index contributed by atoms with van der Waals surface area (Å²) < 4.78 is 18.7. The van der Waals surface area contributed by atoms with E-state index in [4.69, 9.17) is 4.74 Å². The van der Waals surface area contributed by atoms with Gasteiger partial charge >= 0.3 is 0 Å². The third-order valence-corrected chi connectivity index (χ3v) is 3.71. The molecule has 4 nitrogen and oxygen atoms in total. The van der Waals surface area contributed by atoms with Crippen LogP contribution in [-0.2, 0) is 6.54 Å². The average Bonchev–Trinajstić information content (AvgIpc) is 2.40. The minimum atomic E-state index is -0.659. The van der Waals surface area contributed by atoms with Crippen LogP contribution in [0, 0.1) is 5.82 Å². The highest BCUT2D eigenvalue weighted by Gasteiger charge is 2.23. The molecular weight excluding hydrogens is 271 g/mol. The van der Waals surface area contributed by atoms with Crippen molar-refractivity contribution in [3.05, 3.63) is 29.6 Å². The predicted molar refractivity (Wildman–Crippen MR) is 81.0 cm³/mol. The number of β-amino-alcohol motifs (C(OH)–C–C–N with tert-alkyl or cyclic N) is 1. The number of aliphatic hydroxyl groups is 1. The Kier molecular flexibility index (Phi) is 5.19. The second-order valence-corrected chi connectivity index (χ2v) is 6.32. The van der Waals surface area contributed by atoms with Crippen LogP contribution in [-0.4, -0.2) is 60.3 Å². The van der Waals surface area contributed by atoms with Gasteiger partial charge in [0, 0.05) is 44.8 Å². The smallest absolute Gasteiger partial charge is 0.123 e. The quantitative estimate of drug-likeness (QED) is 0.897. The van der Waals surface area contributed by atoms with Crippen molar-refractivity contribution in [1.82, 2.24) is 9.80 Å². The van der Waals surface area contributed by atoms with Crippen molar-refractivity contribution in [3.8, 4) is 5.75 Å². The third-order valence-electron chi connectivity index (χ3n) is 3.71. The number of ether oxygens (including phenoxy) is 1. The Morgan fingerprint density at radius 3 is 2.38 bits per heavy atom. The van der Waals surface area contributed by atoms with Gasteiger partial charge in [-0.15, -0.1) is 0 Å². The van der Waals surface area contributed by atoms with Crippen molar-refractivity contribution in [2.45, 2.75) is 26.0 Å². The second-order valence-electron chi connectivity index (χ2n) is 6.32. The van der Waals surface area contributed by atoms with Crippen molar-refractivity contribution in [3.63, 3.8) is 0 Å². The molecule has 0 unspecified atom stereocenters. The highest BCUT2D eigenvalue weighted by atomic mass is 19.1. The molecule has 1 aliphatic heterocycles. The van der Waals surface area contributed by atoms with Crippen molar-refractivity contribution >= 4 is 0 Å². The first kappa shape index (κ1) is 16.2. The number of rotatable bonds is 5. The molecule has 5 heteroatoms. The van der Waals surface area contributed by atoms with Gasteiger partial charge < -0.3 is 9.84 Å². The molecular formula is C16H25FN2O2. The van der Waals surface area contributed by atoms with Gasteiger partial charge in [0.25, 0.3) is 0 Å². The minimum absolute atomic E-state index is 0.230. The van der Waals surface area contributed by atoms with Crippen LogP contribution < -0.4 is 4.74 Å². The van der Waals surface area contributed by atoms with Crippen LogP contribution in [0.25, 0.3) is 0 Å². The maximum Gasteiger partial charge on any atom is 0.123 e. The molecule has 118 valence electrons. The lowest BCUT2D eigenvalue weighted by Crippen LogP contribution is -2.50. The van der Waals surface area contributed by atoms with Gasteiger partial charge in [0.05, 0.1) is 12.7 Å². The van der Waals surface area contributed by atoms with Crippen LogP contribution in [0.2, 0.25) is 0 Å². The first-order valence-corrected chi connectivity index (χ1v) is 7.37. The fraction of sp³-hybridized carbons (Fsp3) is 0.625. The standard InChI is InChI=1S/C16H25FN2O2/c1-16(2,20)12-19-8-6-18(7-9-19)11-13-10-14(17)4-5-15(13)21-3/h4-5,10,20H,6-9,11-12H2,1-3H3. The summed E-state index contributed by atoms with van der Waals surface area (Å²) in [5.74, 6) is 0.502. The molecule has 1 fully saturated rings. The normalized spacial score (nSPS) is 18.0. The molecule has 2 rings (SSSR count). The highest BCUT2D eigenvalue weighted by Crippen LogP contribution is 2.21. The SMILES string of the molecule is COc1ccc(F)cc1CN1CCN(CC(C)(C)O)CC1. The van der Waals surface area contributed by atoms with Crippen molar-refractivity contribution in [1.29, 1.82) is 0 Å². The zero-order chi connectivity index (χ0) is 15.5. The van der Waals surface area contributed by atoms with E-state index < -0.39 is 5.60 Å². The lowest BCUT2D eigenvalue weighted by atomic mass is 10.1. The Morgan fingerprint density at radius 2 is 1.81 bits per heavy atom. The van der Waals surface area contributed by atoms with E-state index in [1.165, 1.54) is 6.07 Å². The Morgan fingerprint density at radius 1 is 1.19 bits per heavy atom. The number of methoxy groups -OCH3 is 1. The van der Waals surface area contributed by atoms with E-state index in [9.17, 15) is 9.50 Å². The molecule has 1 heterocycles. The summed E-state index contributed by atoms with van der Waals surface area (Å²) in [7, 11) is 1.61. The number of halogens is 1. The summed E-state index contributed by atoms with van der Waals surface area (Å²) in [6.45, 7) is 8.70. The molecule has 0 radical (unpaired) electrons. The van der Waals surface area contributed by atoms with Gasteiger partial charge in [-0.25, -0.2) is 4.39 Å². The van der Waals surface area contributed by atoms with E-state index in [0.717, 1.165) is 37.5 Å². The van der Waals surface area contributed by atoms with Crippen LogP contribution in [0.3, 0.4) is 0 Å². The van der Waals surface area contributed by atoms with E-state index >= 15 is 0 Å². The van der Waals surface area contributed by atoms with E-state index in [0.29, 0.717) is 13.1 Å². The number of nitrogens with zero attached hydrogens (tertiary/aromatic N) is 2. The van der Waals surface area contributed by atoms with Crippen LogP contribution in [0.5, 0.6) is 5.75 Å². The van der Waals surface area contributed by atoms with Crippen LogP contribution in [0.4, 0.5) is 4.39 Å². The fourth-order valence-electron chi connectivity index (χ4n) is 2.76. The summed E-state index contributed by atoms with van der Waals surface area (Å²) >= 11 is 0. The minimum Gasteiger partial charge on any atom is -0.496 e. The Labute approximate surface area is 126 Å². The van der Waals surface area contributed by atoms with Gasteiger partial charge in [-0.1, -0.05) is 0 Å². The van der Waals surface area contributed by atoms with Crippen molar-refractivity contribution < 1.29 is 14.2 Å². The lowest BCUT2D eigenvalue weighted by Gasteiger charge is -2.37. The summed E-state index contributed by atoms with van der Waals surface area (Å²) in [6, 6.07) is 4.64. The van der Waals surface area contributed by atoms with E-state index in [1.807, 2.05) is 13.8 Å². The summed E-state index contributed by atoms with van der Waals surface area (Å²) in [4.78, 5) is 4.55. The third kappa shape index (κ3) is 4.95. The molecule has 0 aliphatic carbocycles. The summed E-state index contributed by atoms with van der Waals surface area (Å²) in [5, 5.41) is 9.86. The zero-order valence-electron chi connectivity index (χ0n) is 13.1. The van der Waals surface area contributed by atoms with Gasteiger partial charge in [0.15, 0.2) is 0 Å². The van der Waals surface area contributed by atoms with Gasteiger partial charge in [-0.3, -0.25) is 9.80 Å². The number of hydrogen-bond acceptors (Lipinski definition) is 4. The Hall–Kier alpha value is -1.17. The van der Waals surface area contributed by atoms with Crippen LogP contribution in [0.15, 0.2) is 18.2 Å². The van der Waals surface area contributed by atoms with Gasteiger partial charge in [0.2, 0.25) is 0 Å². The number of benzene rings is 1. The first-order valence-electron chi connectivity index (χ1n) is 7.37. The maximum atomic E-state index is 13.4. The van der Waals surface area contributed by atoms with E-state index in [-0.39, 0.29) is 5.82 Å². The monoisotopic (exact) mass is 296 g/mol. The molecule has 1 saturated heterocycles. The number of piperazine rings is 1. The Balaban J connectivity index is 1.90. The Bertz CT molecular complexity index is 466. The van der Waals surface area contributed by atoms with Gasteiger partial charge in [-0.05, 0) is 32.0 Å². The van der Waals surface area contributed by atoms with E-state index in [2.05, 4.69) is 9.80 Å². The maximum absolute atomic E-state index is 13.4. The van der Waals surface area contributed by atoms with Crippen LogP contribution >= 0.6 is 0 Å². The van der Waals surface area contributed by atoms with Gasteiger partial charge in [0.1, 0.15) is 11.6 Å². The predicted octanol–water partition coefficient (Wildman–Crippen LogP) is 1.72. The zero-order valence-corrected chi connectivity index (χ0v) is 13.1. The average molecular weight is 296 g/mol. The molecule has 1 N–H and O–H groups in total. The highest BCUT2D eigenvalue weighted by molar-refractivity contribution is 5.33. The summed E-state index contributed by atoms with van der Waals surface area (Å²) in [5.41, 5.74) is 0.224. The molecule has 0 atom stereocenters. The topological polar surface area (TPSA) is 35.9 Å². The second kappa shape index (κ2) is 6.73. The molecule has 0 bridgehead atoms. The summed E-state index contributed by atoms with van der Waals surface area (Å²) in [6.07, 6.45) is 0. The van der Waals surface area contributed by atoms with E-state index in [1.54, 1.807) is 19.2 Å². The molecule has 1 aromatic rings. The molecule has 0 saturated carbocycles. The molecule has 0 spiro atoms.